The Morgan fingerprint density at radius 2 is 1.65 bits per heavy atom. The minimum absolute atomic E-state index is 0.0537. The monoisotopic (exact) mass is 445 g/mol. The van der Waals surface area contributed by atoms with E-state index in [1.165, 1.54) is 41.0 Å². The predicted molar refractivity (Wildman–Crippen MR) is 133 cm³/mol. The zero-order valence-corrected chi connectivity index (χ0v) is 20.8. The van der Waals surface area contributed by atoms with Crippen molar-refractivity contribution in [1.29, 1.82) is 10.7 Å². The number of amidine groups is 1. The maximum absolute atomic E-state index is 11.5. The van der Waals surface area contributed by atoms with Gasteiger partial charge in [-0.05, 0) is 73.6 Å². The van der Waals surface area contributed by atoms with E-state index in [0.29, 0.717) is 5.75 Å². The summed E-state index contributed by atoms with van der Waals surface area (Å²) >= 11 is 1.48. The van der Waals surface area contributed by atoms with Gasteiger partial charge in [0.15, 0.2) is 12.2 Å². The number of carboxylic acids is 1. The van der Waals surface area contributed by atoms with Gasteiger partial charge in [0.05, 0.1) is 0 Å². The standard InChI is InChI=1S/C25H39N3O2S/c1-19(2)9-7-10-21(5)11-8-12-23(14-13-20(3)4)15-16-31-17-24(25(29)30)28(18-26)22(6)27/h9,11,13,15,24,27H,7-8,10,12,14,16-17H2,1-6H3,(H,29,30). The maximum Gasteiger partial charge on any atom is 0.328 e. The molecular weight excluding hydrogens is 406 g/mol. The number of hydrogen-bond donors (Lipinski definition) is 2. The molecule has 0 aliphatic heterocycles. The number of aliphatic carboxylic acids is 1. The molecule has 0 fully saturated rings. The van der Waals surface area contributed by atoms with Crippen molar-refractivity contribution in [1.82, 2.24) is 4.90 Å². The van der Waals surface area contributed by atoms with Crippen molar-refractivity contribution in [3.8, 4) is 6.19 Å². The van der Waals surface area contributed by atoms with E-state index < -0.39 is 12.0 Å². The van der Waals surface area contributed by atoms with E-state index in [2.05, 4.69) is 58.9 Å². The van der Waals surface area contributed by atoms with E-state index in [0.717, 1.165) is 37.0 Å². The van der Waals surface area contributed by atoms with Gasteiger partial charge in [-0.2, -0.15) is 17.0 Å². The number of nitrogens with zero attached hydrogens (tertiary/aromatic N) is 2. The van der Waals surface area contributed by atoms with Crippen molar-refractivity contribution in [2.45, 2.75) is 79.7 Å². The van der Waals surface area contributed by atoms with Crippen LogP contribution in [0.25, 0.3) is 0 Å². The summed E-state index contributed by atoms with van der Waals surface area (Å²) in [7, 11) is 0. The molecule has 0 saturated carbocycles. The highest BCUT2D eigenvalue weighted by Gasteiger charge is 2.26. The Labute approximate surface area is 193 Å². The zero-order valence-electron chi connectivity index (χ0n) is 20.0. The van der Waals surface area contributed by atoms with E-state index in [1.54, 1.807) is 6.19 Å². The van der Waals surface area contributed by atoms with Crippen LogP contribution in [0.2, 0.25) is 0 Å². The SMILES string of the molecule is CC(=N)N(C#N)C(CSCC=C(CC=C(C)C)CCC=C(C)CCC=C(C)C)C(=O)O. The Morgan fingerprint density at radius 3 is 2.16 bits per heavy atom. The van der Waals surface area contributed by atoms with E-state index in [4.69, 9.17) is 10.7 Å². The van der Waals surface area contributed by atoms with Gasteiger partial charge in [-0.1, -0.05) is 46.6 Å². The Kier molecular flexibility index (Phi) is 15.2. The molecule has 0 aliphatic carbocycles. The minimum Gasteiger partial charge on any atom is -0.480 e. The molecule has 0 amide bonds. The van der Waals surface area contributed by atoms with Crippen LogP contribution in [0.1, 0.15) is 73.6 Å². The van der Waals surface area contributed by atoms with Gasteiger partial charge < -0.3 is 5.11 Å². The van der Waals surface area contributed by atoms with Crippen molar-refractivity contribution in [3.05, 3.63) is 46.6 Å². The number of hydrogen-bond acceptors (Lipinski definition) is 4. The lowest BCUT2D eigenvalue weighted by Crippen LogP contribution is -2.42. The Balaban J connectivity index is 4.89. The van der Waals surface area contributed by atoms with E-state index >= 15 is 0 Å². The van der Waals surface area contributed by atoms with Gasteiger partial charge in [0.25, 0.3) is 0 Å². The molecule has 6 heteroatoms. The summed E-state index contributed by atoms with van der Waals surface area (Å²) < 4.78 is 0. The van der Waals surface area contributed by atoms with Crippen LogP contribution in [0, 0.1) is 16.9 Å². The third-order valence-electron chi connectivity index (χ3n) is 4.65. The Morgan fingerprint density at radius 1 is 1.03 bits per heavy atom. The van der Waals surface area contributed by atoms with Crippen LogP contribution in [-0.2, 0) is 4.79 Å². The average molecular weight is 446 g/mol. The molecule has 1 atom stereocenters. The first kappa shape index (κ1) is 28.7. The molecule has 172 valence electrons. The van der Waals surface area contributed by atoms with Crippen LogP contribution >= 0.6 is 11.8 Å². The minimum atomic E-state index is -1.08. The lowest BCUT2D eigenvalue weighted by Gasteiger charge is -2.21. The van der Waals surface area contributed by atoms with E-state index in [9.17, 15) is 9.90 Å². The summed E-state index contributed by atoms with van der Waals surface area (Å²) in [6.07, 6.45) is 15.9. The van der Waals surface area contributed by atoms with Crippen molar-refractivity contribution in [2.24, 2.45) is 0 Å². The largest absolute Gasteiger partial charge is 0.480 e. The number of carboxylic acid groups (broad SMARTS) is 1. The highest BCUT2D eigenvalue weighted by Crippen LogP contribution is 2.18. The fourth-order valence-electron chi connectivity index (χ4n) is 2.81. The highest BCUT2D eigenvalue weighted by atomic mass is 32.2. The summed E-state index contributed by atoms with van der Waals surface area (Å²) in [5.74, 6) is -0.185. The summed E-state index contributed by atoms with van der Waals surface area (Å²) in [5.41, 5.74) is 5.39. The molecular formula is C25H39N3O2S. The maximum atomic E-state index is 11.5. The fourth-order valence-corrected chi connectivity index (χ4v) is 3.81. The van der Waals surface area contributed by atoms with Gasteiger partial charge >= 0.3 is 5.97 Å². The zero-order chi connectivity index (χ0) is 23.8. The molecule has 1 unspecified atom stereocenters. The fraction of sp³-hybridized carbons (Fsp3) is 0.560. The topological polar surface area (TPSA) is 88.2 Å². The molecule has 0 aliphatic rings. The number of thioether (sulfide) groups is 1. The van der Waals surface area contributed by atoms with Crippen LogP contribution in [0.15, 0.2) is 46.6 Å². The first-order chi connectivity index (χ1) is 14.6. The van der Waals surface area contributed by atoms with Crippen LogP contribution < -0.4 is 0 Å². The van der Waals surface area contributed by atoms with Crippen LogP contribution in [0.5, 0.6) is 0 Å². The third kappa shape index (κ3) is 14.4. The summed E-state index contributed by atoms with van der Waals surface area (Å²) in [6.45, 7) is 12.0. The van der Waals surface area contributed by atoms with Gasteiger partial charge in [0, 0.05) is 11.5 Å². The van der Waals surface area contributed by atoms with Crippen molar-refractivity contribution in [2.75, 3.05) is 11.5 Å². The molecule has 0 saturated heterocycles. The van der Waals surface area contributed by atoms with Gasteiger partial charge in [0.1, 0.15) is 5.84 Å². The molecule has 31 heavy (non-hydrogen) atoms. The molecule has 0 rings (SSSR count). The summed E-state index contributed by atoms with van der Waals surface area (Å²) in [5, 5.41) is 26.1. The van der Waals surface area contributed by atoms with Crippen LogP contribution in [0.3, 0.4) is 0 Å². The smallest absolute Gasteiger partial charge is 0.328 e. The number of nitriles is 1. The lowest BCUT2D eigenvalue weighted by molar-refractivity contribution is -0.140. The number of nitrogens with one attached hydrogen (secondary N) is 1. The second kappa shape index (κ2) is 16.4. The molecule has 0 aromatic heterocycles. The van der Waals surface area contributed by atoms with Crippen molar-refractivity contribution in [3.63, 3.8) is 0 Å². The molecule has 0 spiro atoms. The van der Waals surface area contributed by atoms with E-state index in [1.807, 2.05) is 0 Å². The number of carbonyl (C=O) groups is 1. The van der Waals surface area contributed by atoms with Crippen LogP contribution in [-0.4, -0.2) is 39.4 Å². The summed E-state index contributed by atoms with van der Waals surface area (Å²) in [4.78, 5) is 12.4. The Bertz CT molecular complexity index is 749. The molecule has 2 N–H and O–H groups in total. The normalized spacial score (nSPS) is 12.5. The molecule has 0 aromatic carbocycles. The first-order valence-electron chi connectivity index (χ1n) is 10.7. The van der Waals surface area contributed by atoms with Crippen LogP contribution in [0.4, 0.5) is 0 Å². The van der Waals surface area contributed by atoms with Gasteiger partial charge in [-0.15, -0.1) is 0 Å². The molecule has 0 radical (unpaired) electrons. The molecule has 0 heterocycles. The average Bonchev–Trinajstić information content (AvgIpc) is 2.66. The quantitative estimate of drug-likeness (QED) is 0.0774. The lowest BCUT2D eigenvalue weighted by atomic mass is 10.0. The second-order valence-electron chi connectivity index (χ2n) is 8.20. The predicted octanol–water partition coefficient (Wildman–Crippen LogP) is 6.71. The molecule has 5 nitrogen and oxygen atoms in total. The van der Waals surface area contributed by atoms with Gasteiger partial charge in [0.2, 0.25) is 0 Å². The summed E-state index contributed by atoms with van der Waals surface area (Å²) in [6, 6.07) is -1.01. The van der Waals surface area contributed by atoms with Gasteiger partial charge in [-0.25, -0.2) is 4.79 Å². The third-order valence-corrected chi connectivity index (χ3v) is 5.61. The number of allylic oxidation sites excluding steroid dienone is 7. The van der Waals surface area contributed by atoms with E-state index in [-0.39, 0.29) is 11.6 Å². The Hall–Kier alpha value is -2.26. The second-order valence-corrected chi connectivity index (χ2v) is 9.28. The van der Waals surface area contributed by atoms with Crippen molar-refractivity contribution >= 4 is 23.6 Å². The number of rotatable bonds is 14. The van der Waals surface area contributed by atoms with Gasteiger partial charge in [-0.3, -0.25) is 10.3 Å². The molecule has 0 bridgehead atoms. The van der Waals surface area contributed by atoms with Crippen molar-refractivity contribution < 1.29 is 9.90 Å². The highest BCUT2D eigenvalue weighted by molar-refractivity contribution is 7.99. The first-order valence-corrected chi connectivity index (χ1v) is 11.9. The molecule has 0 aromatic rings.